The molecule has 3 aromatic rings. The molecule has 0 aliphatic carbocycles. The van der Waals surface area contributed by atoms with E-state index in [-0.39, 0.29) is 6.61 Å². The van der Waals surface area contributed by atoms with Crippen LogP contribution in [0.3, 0.4) is 0 Å². The van der Waals surface area contributed by atoms with E-state index < -0.39 is 0 Å². The van der Waals surface area contributed by atoms with E-state index >= 15 is 0 Å². The maximum absolute atomic E-state index is 6.59. The van der Waals surface area contributed by atoms with Crippen molar-refractivity contribution in [2.75, 3.05) is 30.4 Å². The molecular formula is C26H26Cl4N2O2. The van der Waals surface area contributed by atoms with Gasteiger partial charge in [0.1, 0.15) is 6.61 Å². The fraction of sp³-hybridized carbons (Fsp3) is 0.308. The Hall–Kier alpha value is -1.98. The molecule has 0 amide bonds. The number of rotatable bonds is 8. The lowest BCUT2D eigenvalue weighted by Crippen LogP contribution is -2.29. The zero-order valence-corrected chi connectivity index (χ0v) is 21.9. The number of anilines is 2. The molecule has 0 saturated carbocycles. The smallest absolute Gasteiger partial charge is 0.180 e. The molecular weight excluding hydrogens is 514 g/mol. The van der Waals surface area contributed by atoms with Crippen molar-refractivity contribution in [2.45, 2.75) is 32.4 Å². The number of ether oxygens (including phenoxy) is 2. The number of nitrogens with one attached hydrogen (secondary N) is 1. The van der Waals surface area contributed by atoms with Crippen molar-refractivity contribution < 1.29 is 9.47 Å². The summed E-state index contributed by atoms with van der Waals surface area (Å²) >= 11 is 25.6. The third-order valence-electron chi connectivity index (χ3n) is 5.85. The van der Waals surface area contributed by atoms with Gasteiger partial charge in [-0.25, -0.2) is 0 Å². The van der Waals surface area contributed by atoms with E-state index in [0.717, 1.165) is 35.1 Å². The molecule has 0 unspecified atom stereocenters. The summed E-state index contributed by atoms with van der Waals surface area (Å²) in [6, 6.07) is 15.2. The molecule has 1 aliphatic rings. The van der Waals surface area contributed by atoms with Gasteiger partial charge in [-0.1, -0.05) is 52.5 Å². The van der Waals surface area contributed by atoms with Crippen LogP contribution in [-0.2, 0) is 13.2 Å². The number of hydrogen-bond donors (Lipinski definition) is 1. The molecule has 0 bridgehead atoms. The number of halogens is 4. The minimum atomic E-state index is 0.175. The number of methoxy groups -OCH3 is 1. The minimum absolute atomic E-state index is 0.175. The van der Waals surface area contributed by atoms with E-state index in [9.17, 15) is 0 Å². The van der Waals surface area contributed by atoms with Gasteiger partial charge in [0.25, 0.3) is 0 Å². The first-order valence-corrected chi connectivity index (χ1v) is 12.7. The van der Waals surface area contributed by atoms with E-state index in [1.807, 2.05) is 18.2 Å². The molecule has 34 heavy (non-hydrogen) atoms. The summed E-state index contributed by atoms with van der Waals surface area (Å²) < 4.78 is 11.5. The van der Waals surface area contributed by atoms with Gasteiger partial charge in [0.05, 0.1) is 22.8 Å². The number of benzene rings is 3. The first-order valence-electron chi connectivity index (χ1n) is 11.2. The van der Waals surface area contributed by atoms with Crippen molar-refractivity contribution in [2.24, 2.45) is 0 Å². The Morgan fingerprint density at radius 3 is 2.26 bits per heavy atom. The molecule has 8 heteroatoms. The molecule has 3 aromatic carbocycles. The third-order valence-corrected chi connectivity index (χ3v) is 7.14. The topological polar surface area (TPSA) is 33.7 Å². The molecule has 4 nitrogen and oxygen atoms in total. The third kappa shape index (κ3) is 5.98. The van der Waals surface area contributed by atoms with Crippen LogP contribution in [0.15, 0.2) is 48.5 Å². The molecule has 180 valence electrons. The van der Waals surface area contributed by atoms with Crippen LogP contribution < -0.4 is 19.7 Å². The highest BCUT2D eigenvalue weighted by atomic mass is 35.5. The fourth-order valence-electron chi connectivity index (χ4n) is 4.04. The first-order chi connectivity index (χ1) is 16.5. The first kappa shape index (κ1) is 25.1. The largest absolute Gasteiger partial charge is 0.493 e. The summed E-state index contributed by atoms with van der Waals surface area (Å²) in [7, 11) is 1.58. The van der Waals surface area contributed by atoms with Gasteiger partial charge in [0, 0.05) is 40.9 Å². The van der Waals surface area contributed by atoms with Crippen LogP contribution >= 0.6 is 46.4 Å². The molecule has 1 aliphatic heterocycles. The Labute approximate surface area is 220 Å². The van der Waals surface area contributed by atoms with Crippen molar-refractivity contribution in [1.82, 2.24) is 0 Å². The Kier molecular flexibility index (Phi) is 8.60. The summed E-state index contributed by atoms with van der Waals surface area (Å²) in [6.45, 7) is 2.84. The van der Waals surface area contributed by atoms with Gasteiger partial charge in [-0.2, -0.15) is 0 Å². The van der Waals surface area contributed by atoms with Gasteiger partial charge in [-0.15, -0.1) is 0 Å². The molecule has 1 N–H and O–H groups in total. The molecule has 0 aromatic heterocycles. The number of hydrogen-bond acceptors (Lipinski definition) is 4. The Morgan fingerprint density at radius 1 is 0.853 bits per heavy atom. The normalized spacial score (nSPS) is 13.6. The van der Waals surface area contributed by atoms with Crippen LogP contribution in [0.4, 0.5) is 11.4 Å². The van der Waals surface area contributed by atoms with Crippen LogP contribution in [-0.4, -0.2) is 20.2 Å². The zero-order valence-electron chi connectivity index (χ0n) is 18.8. The average Bonchev–Trinajstić information content (AvgIpc) is 2.83. The van der Waals surface area contributed by atoms with Gasteiger partial charge in [-0.05, 0) is 67.3 Å². The van der Waals surface area contributed by atoms with Gasteiger partial charge in [0.15, 0.2) is 11.5 Å². The van der Waals surface area contributed by atoms with Gasteiger partial charge < -0.3 is 19.7 Å². The SMILES string of the molecule is COc1cc(CNc2ccc(N3CCCCC3)c(Cl)c2)cc(Cl)c1OCc1c(Cl)cccc1Cl. The van der Waals surface area contributed by atoms with Crippen LogP contribution in [0.25, 0.3) is 0 Å². The van der Waals surface area contributed by atoms with Crippen LogP contribution in [0.2, 0.25) is 20.1 Å². The molecule has 1 heterocycles. The second kappa shape index (κ2) is 11.6. The predicted octanol–water partition coefficient (Wildman–Crippen LogP) is 8.49. The molecule has 1 saturated heterocycles. The summed E-state index contributed by atoms with van der Waals surface area (Å²) in [5, 5.41) is 5.68. The highest BCUT2D eigenvalue weighted by molar-refractivity contribution is 6.36. The molecule has 0 atom stereocenters. The van der Waals surface area contributed by atoms with E-state index in [4.69, 9.17) is 55.9 Å². The van der Waals surface area contributed by atoms with Crippen molar-refractivity contribution in [1.29, 1.82) is 0 Å². The summed E-state index contributed by atoms with van der Waals surface area (Å²) in [6.07, 6.45) is 3.71. The molecule has 1 fully saturated rings. The monoisotopic (exact) mass is 538 g/mol. The maximum atomic E-state index is 6.59. The maximum Gasteiger partial charge on any atom is 0.180 e. The summed E-state index contributed by atoms with van der Waals surface area (Å²) in [5.74, 6) is 0.976. The van der Waals surface area contributed by atoms with Crippen molar-refractivity contribution >= 4 is 57.8 Å². The lowest BCUT2D eigenvalue weighted by Gasteiger charge is -2.29. The lowest BCUT2D eigenvalue weighted by molar-refractivity contribution is 0.284. The van der Waals surface area contributed by atoms with E-state index in [1.165, 1.54) is 19.3 Å². The zero-order chi connectivity index (χ0) is 24.1. The van der Waals surface area contributed by atoms with Crippen LogP contribution in [0.5, 0.6) is 11.5 Å². The van der Waals surface area contributed by atoms with Gasteiger partial charge >= 0.3 is 0 Å². The molecule has 0 spiro atoms. The highest BCUT2D eigenvalue weighted by Crippen LogP contribution is 2.38. The lowest BCUT2D eigenvalue weighted by atomic mass is 10.1. The Bertz CT molecular complexity index is 1130. The standard InChI is InChI=1S/C26H26Cl4N2O2/c1-33-25-13-17(12-23(30)26(25)34-16-19-20(27)6-5-7-21(19)28)15-31-18-8-9-24(22(29)14-18)32-10-3-2-4-11-32/h5-9,12-14,31H,2-4,10-11,15-16H2,1H3. The second-order valence-electron chi connectivity index (χ2n) is 8.17. The van der Waals surface area contributed by atoms with Crippen LogP contribution in [0.1, 0.15) is 30.4 Å². The van der Waals surface area contributed by atoms with Gasteiger partial charge in [-0.3, -0.25) is 0 Å². The van der Waals surface area contributed by atoms with Crippen LogP contribution in [0, 0.1) is 0 Å². The number of nitrogens with zero attached hydrogens (tertiary/aromatic N) is 1. The van der Waals surface area contributed by atoms with E-state index in [1.54, 1.807) is 25.3 Å². The fourth-order valence-corrected chi connectivity index (χ4v) is 5.14. The van der Waals surface area contributed by atoms with Crippen molar-refractivity contribution in [3.8, 4) is 11.5 Å². The van der Waals surface area contributed by atoms with Crippen molar-refractivity contribution in [3.05, 3.63) is 79.7 Å². The Balaban J connectivity index is 1.44. The molecule has 0 radical (unpaired) electrons. The van der Waals surface area contributed by atoms with E-state index in [2.05, 4.69) is 22.3 Å². The predicted molar refractivity (Wildman–Crippen MR) is 144 cm³/mol. The molecule has 4 rings (SSSR count). The Morgan fingerprint density at radius 2 is 1.59 bits per heavy atom. The van der Waals surface area contributed by atoms with E-state index in [0.29, 0.717) is 38.7 Å². The van der Waals surface area contributed by atoms with Crippen molar-refractivity contribution in [3.63, 3.8) is 0 Å². The quantitative estimate of drug-likeness (QED) is 0.311. The second-order valence-corrected chi connectivity index (χ2v) is 9.79. The summed E-state index contributed by atoms with van der Waals surface area (Å²) in [5.41, 5.74) is 3.67. The number of piperidine rings is 1. The van der Waals surface area contributed by atoms with Gasteiger partial charge in [0.2, 0.25) is 0 Å². The summed E-state index contributed by atoms with van der Waals surface area (Å²) in [4.78, 5) is 2.36. The average molecular weight is 540 g/mol. The highest BCUT2D eigenvalue weighted by Gasteiger charge is 2.16. The minimum Gasteiger partial charge on any atom is -0.493 e.